The van der Waals surface area contributed by atoms with Gasteiger partial charge in [-0.2, -0.15) is 0 Å². The Bertz CT molecular complexity index is 208. The molecule has 0 aromatic heterocycles. The highest BCUT2D eigenvalue weighted by molar-refractivity contribution is 5.67. The largest absolute Gasteiger partial charge is 0.481 e. The van der Waals surface area contributed by atoms with Crippen LogP contribution in [0, 0.1) is 23.2 Å². The lowest BCUT2D eigenvalue weighted by molar-refractivity contribution is -0.138. The van der Waals surface area contributed by atoms with Crippen LogP contribution in [0.4, 0.5) is 0 Å². The van der Waals surface area contributed by atoms with Gasteiger partial charge in [0.15, 0.2) is 0 Å². The van der Waals surface area contributed by atoms with Crippen molar-refractivity contribution in [1.29, 1.82) is 0 Å². The molecule has 3 unspecified atom stereocenters. The zero-order chi connectivity index (χ0) is 10.2. The Morgan fingerprint density at radius 3 is 2.31 bits per heavy atom. The van der Waals surface area contributed by atoms with Crippen molar-refractivity contribution in [2.45, 2.75) is 40.5 Å². The van der Waals surface area contributed by atoms with Gasteiger partial charge in [0.1, 0.15) is 0 Å². The normalized spacial score (nSPS) is 37.7. The maximum atomic E-state index is 10.6. The number of carboxylic acids is 1. The average molecular weight is 184 g/mol. The van der Waals surface area contributed by atoms with Crippen molar-refractivity contribution >= 4 is 5.97 Å². The Balaban J connectivity index is 2.66. The minimum absolute atomic E-state index is 0.319. The molecule has 1 rings (SSSR count). The Hall–Kier alpha value is -0.530. The molecule has 1 saturated carbocycles. The maximum Gasteiger partial charge on any atom is 0.303 e. The second-order valence-electron chi connectivity index (χ2n) is 5.20. The summed E-state index contributed by atoms with van der Waals surface area (Å²) in [4.78, 5) is 10.6. The van der Waals surface area contributed by atoms with Crippen LogP contribution in [0.1, 0.15) is 40.5 Å². The van der Waals surface area contributed by atoms with E-state index in [2.05, 4.69) is 27.7 Å². The van der Waals surface area contributed by atoms with Gasteiger partial charge in [0.25, 0.3) is 0 Å². The van der Waals surface area contributed by atoms with Gasteiger partial charge < -0.3 is 5.11 Å². The van der Waals surface area contributed by atoms with Crippen molar-refractivity contribution in [3.05, 3.63) is 0 Å². The van der Waals surface area contributed by atoms with E-state index < -0.39 is 5.97 Å². The molecule has 3 atom stereocenters. The molecule has 2 heteroatoms. The molecule has 76 valence electrons. The summed E-state index contributed by atoms with van der Waals surface area (Å²) in [6.45, 7) is 8.92. The highest BCUT2D eigenvalue weighted by atomic mass is 16.4. The van der Waals surface area contributed by atoms with Crippen molar-refractivity contribution in [2.75, 3.05) is 0 Å². The van der Waals surface area contributed by atoms with Crippen molar-refractivity contribution < 1.29 is 9.90 Å². The van der Waals surface area contributed by atoms with Crippen LogP contribution < -0.4 is 0 Å². The highest BCUT2D eigenvalue weighted by Crippen LogP contribution is 2.50. The Kier molecular flexibility index (Phi) is 2.69. The Labute approximate surface area is 80.3 Å². The fourth-order valence-electron chi connectivity index (χ4n) is 2.65. The van der Waals surface area contributed by atoms with Gasteiger partial charge in [-0.05, 0) is 29.6 Å². The topological polar surface area (TPSA) is 37.3 Å². The number of hydrogen-bond donors (Lipinski definition) is 1. The number of carboxylic acid groups (broad SMARTS) is 1. The summed E-state index contributed by atoms with van der Waals surface area (Å²) >= 11 is 0. The molecule has 2 nitrogen and oxygen atoms in total. The molecule has 0 spiro atoms. The summed E-state index contributed by atoms with van der Waals surface area (Å²) in [6, 6.07) is 0. The predicted molar refractivity (Wildman–Crippen MR) is 52.5 cm³/mol. The van der Waals surface area contributed by atoms with Crippen molar-refractivity contribution in [3.8, 4) is 0 Å². The highest BCUT2D eigenvalue weighted by Gasteiger charge is 2.43. The first-order valence-corrected chi connectivity index (χ1v) is 5.06. The average Bonchev–Trinajstić information content (AvgIpc) is 2.13. The van der Waals surface area contributed by atoms with E-state index in [1.54, 1.807) is 0 Å². The fourth-order valence-corrected chi connectivity index (χ4v) is 2.65. The van der Waals surface area contributed by atoms with E-state index in [0.29, 0.717) is 29.6 Å². The van der Waals surface area contributed by atoms with Gasteiger partial charge in [-0.3, -0.25) is 4.79 Å². The van der Waals surface area contributed by atoms with Crippen LogP contribution in [0.15, 0.2) is 0 Å². The molecule has 1 N–H and O–H groups in total. The first kappa shape index (κ1) is 10.6. The van der Waals surface area contributed by atoms with Crippen LogP contribution >= 0.6 is 0 Å². The smallest absolute Gasteiger partial charge is 0.303 e. The van der Waals surface area contributed by atoms with Crippen LogP contribution in [0.25, 0.3) is 0 Å². The van der Waals surface area contributed by atoms with Gasteiger partial charge in [-0.15, -0.1) is 0 Å². The fraction of sp³-hybridized carbons (Fsp3) is 0.909. The van der Waals surface area contributed by atoms with E-state index >= 15 is 0 Å². The lowest BCUT2D eigenvalue weighted by Gasteiger charge is -2.25. The van der Waals surface area contributed by atoms with Gasteiger partial charge in [0, 0.05) is 6.42 Å². The molecule has 0 saturated heterocycles. The number of carbonyl (C=O) groups is 1. The molecule has 13 heavy (non-hydrogen) atoms. The molecule has 0 radical (unpaired) electrons. The van der Waals surface area contributed by atoms with Crippen LogP contribution in [0.2, 0.25) is 0 Å². The number of rotatable bonds is 2. The molecule has 1 aliphatic rings. The lowest BCUT2D eigenvalue weighted by Crippen LogP contribution is -2.17. The van der Waals surface area contributed by atoms with Crippen LogP contribution in [0.3, 0.4) is 0 Å². The van der Waals surface area contributed by atoms with Gasteiger partial charge in [0.2, 0.25) is 0 Å². The van der Waals surface area contributed by atoms with Crippen molar-refractivity contribution in [1.82, 2.24) is 0 Å². The molecule has 0 aromatic rings. The maximum absolute atomic E-state index is 10.6. The van der Waals surface area contributed by atoms with E-state index in [-0.39, 0.29) is 0 Å². The molecule has 0 amide bonds. The molecular weight excluding hydrogens is 164 g/mol. The molecule has 0 heterocycles. The van der Waals surface area contributed by atoms with Gasteiger partial charge in [0.05, 0.1) is 0 Å². The summed E-state index contributed by atoms with van der Waals surface area (Å²) in [5.41, 5.74) is 0.319. The van der Waals surface area contributed by atoms with E-state index in [9.17, 15) is 4.79 Å². The van der Waals surface area contributed by atoms with E-state index in [4.69, 9.17) is 5.11 Å². The number of hydrogen-bond acceptors (Lipinski definition) is 1. The third-order valence-electron chi connectivity index (χ3n) is 3.99. The molecule has 1 aliphatic carbocycles. The summed E-state index contributed by atoms with van der Waals surface area (Å²) in [6.07, 6.45) is 1.40. The zero-order valence-corrected chi connectivity index (χ0v) is 9.00. The van der Waals surface area contributed by atoms with Gasteiger partial charge >= 0.3 is 5.97 Å². The Morgan fingerprint density at radius 2 is 2.00 bits per heavy atom. The molecule has 1 fully saturated rings. The van der Waals surface area contributed by atoms with Crippen molar-refractivity contribution in [2.24, 2.45) is 23.2 Å². The van der Waals surface area contributed by atoms with Crippen LogP contribution in [-0.4, -0.2) is 11.1 Å². The summed E-state index contributed by atoms with van der Waals surface area (Å²) in [5.74, 6) is 0.909. The van der Waals surface area contributed by atoms with Crippen LogP contribution in [0.5, 0.6) is 0 Å². The second-order valence-corrected chi connectivity index (χ2v) is 5.20. The second kappa shape index (κ2) is 3.32. The third kappa shape index (κ3) is 2.04. The number of aliphatic carboxylic acids is 1. The third-order valence-corrected chi connectivity index (χ3v) is 3.99. The lowest BCUT2D eigenvalue weighted by atomic mass is 9.81. The first-order valence-electron chi connectivity index (χ1n) is 5.06. The minimum Gasteiger partial charge on any atom is -0.481 e. The SMILES string of the molecule is CC1C(CC(=O)O)CC(C)(C)C1C. The van der Waals surface area contributed by atoms with Crippen molar-refractivity contribution in [3.63, 3.8) is 0 Å². The molecule has 0 aliphatic heterocycles. The van der Waals surface area contributed by atoms with Gasteiger partial charge in [-0.1, -0.05) is 27.7 Å². The van der Waals surface area contributed by atoms with E-state index in [0.717, 1.165) is 6.42 Å². The molecule has 0 aromatic carbocycles. The summed E-state index contributed by atoms with van der Waals surface area (Å²) < 4.78 is 0. The summed E-state index contributed by atoms with van der Waals surface area (Å²) in [7, 11) is 0. The minimum atomic E-state index is -0.651. The van der Waals surface area contributed by atoms with E-state index in [1.807, 2.05) is 0 Å². The zero-order valence-electron chi connectivity index (χ0n) is 9.00. The van der Waals surface area contributed by atoms with E-state index in [1.165, 1.54) is 0 Å². The Morgan fingerprint density at radius 1 is 1.46 bits per heavy atom. The molecular formula is C11H20O2. The summed E-state index contributed by atoms with van der Waals surface area (Å²) in [5, 5.41) is 8.75. The predicted octanol–water partition coefficient (Wildman–Crippen LogP) is 2.78. The molecule has 0 bridgehead atoms. The van der Waals surface area contributed by atoms with Crippen LogP contribution in [-0.2, 0) is 4.79 Å². The first-order chi connectivity index (χ1) is 5.84. The quantitative estimate of drug-likeness (QED) is 0.716. The monoisotopic (exact) mass is 184 g/mol. The van der Waals surface area contributed by atoms with Gasteiger partial charge in [-0.25, -0.2) is 0 Å². The standard InChI is InChI=1S/C11H20O2/c1-7-8(2)11(3,4)6-9(7)5-10(12)13/h7-9H,5-6H2,1-4H3,(H,12,13).